The average Bonchev–Trinajstić information content (AvgIpc) is 1.41. The molecule has 0 saturated heterocycles. The summed E-state index contributed by atoms with van der Waals surface area (Å²) in [6.45, 7) is 4.00. The maximum absolute atomic E-state index is 2.00. The van der Waals surface area contributed by atoms with Gasteiger partial charge in [0.2, 0.25) is 0 Å². The van der Waals surface area contributed by atoms with Crippen LogP contribution in [-0.2, 0) is 0 Å². The zero-order valence-electron chi connectivity index (χ0n) is 5.45. The van der Waals surface area contributed by atoms with Crippen LogP contribution in [0.3, 0.4) is 0 Å². The van der Waals surface area contributed by atoms with Crippen LogP contribution in [0.2, 0.25) is 0 Å². The summed E-state index contributed by atoms with van der Waals surface area (Å²) in [7, 11) is 6.00. The van der Waals surface area contributed by atoms with Gasteiger partial charge >= 0.3 is 0 Å². The molecular formula is C6H19N. The summed E-state index contributed by atoms with van der Waals surface area (Å²) in [6, 6.07) is 0. The molecule has 0 spiro atoms. The third-order valence-electron chi connectivity index (χ3n) is 0. The molecule has 0 aliphatic rings. The maximum Gasteiger partial charge on any atom is -0.0140 e. The van der Waals surface area contributed by atoms with Crippen molar-refractivity contribution in [3.8, 4) is 0 Å². The molecule has 0 N–H and O–H groups in total. The molecule has 7 heavy (non-hydrogen) atoms. The van der Waals surface area contributed by atoms with E-state index in [1.54, 1.807) is 0 Å². The minimum Gasteiger partial charge on any atom is -0.312 e. The molecule has 0 aliphatic heterocycles. The van der Waals surface area contributed by atoms with Crippen LogP contribution in [0, 0.1) is 0 Å². The number of hydrogen-bond acceptors (Lipinski definition) is 1. The smallest absolute Gasteiger partial charge is 0.0140 e. The highest BCUT2D eigenvalue weighted by molar-refractivity contribution is 4.09. The van der Waals surface area contributed by atoms with Crippen molar-refractivity contribution in [1.29, 1.82) is 0 Å². The van der Waals surface area contributed by atoms with E-state index in [0.29, 0.717) is 0 Å². The van der Waals surface area contributed by atoms with Gasteiger partial charge in [0, 0.05) is 0 Å². The van der Waals surface area contributed by atoms with Crippen molar-refractivity contribution in [2.75, 3.05) is 21.1 Å². The molecule has 0 aromatic rings. The first-order chi connectivity index (χ1) is 2.73. The predicted octanol–water partition coefficient (Wildman–Crippen LogP) is 1.84. The summed E-state index contributed by atoms with van der Waals surface area (Å²) in [5, 5.41) is 0. The van der Waals surface area contributed by atoms with Gasteiger partial charge in [0.1, 0.15) is 0 Å². The molecule has 0 saturated carbocycles. The molecule has 1 heteroatoms. The van der Waals surface area contributed by atoms with Gasteiger partial charge in [0.15, 0.2) is 0 Å². The van der Waals surface area contributed by atoms with Crippen LogP contribution in [0.15, 0.2) is 0 Å². The van der Waals surface area contributed by atoms with Gasteiger partial charge in [-0.1, -0.05) is 21.3 Å². The third-order valence-corrected chi connectivity index (χ3v) is 0. The molecule has 0 radical (unpaired) electrons. The van der Waals surface area contributed by atoms with Gasteiger partial charge in [-0.2, -0.15) is 0 Å². The summed E-state index contributed by atoms with van der Waals surface area (Å²) in [6.07, 6.45) is 0. The fourth-order valence-electron chi connectivity index (χ4n) is 0. The maximum atomic E-state index is 2.00. The van der Waals surface area contributed by atoms with Gasteiger partial charge < -0.3 is 4.90 Å². The van der Waals surface area contributed by atoms with Crippen molar-refractivity contribution < 1.29 is 0 Å². The zero-order valence-corrected chi connectivity index (χ0v) is 5.45. The van der Waals surface area contributed by atoms with E-state index in [1.807, 2.05) is 39.9 Å². The number of nitrogens with zero attached hydrogens (tertiary/aromatic N) is 1. The van der Waals surface area contributed by atoms with Crippen molar-refractivity contribution in [2.24, 2.45) is 0 Å². The highest BCUT2D eigenvalue weighted by atomic mass is 15.0. The van der Waals surface area contributed by atoms with Crippen molar-refractivity contribution in [3.63, 3.8) is 0 Å². The molecule has 1 nitrogen and oxygen atoms in total. The second-order valence-electron chi connectivity index (χ2n) is 1.34. The van der Waals surface area contributed by atoms with Crippen LogP contribution in [-0.4, -0.2) is 26.0 Å². The molecule has 0 amide bonds. The molecule has 0 bridgehead atoms. The Kier molecular flexibility index (Phi) is 37.7. The highest BCUT2D eigenvalue weighted by Gasteiger charge is 1.58. The molecule has 0 aromatic carbocycles. The Morgan fingerprint density at radius 3 is 0.857 bits per heavy atom. The van der Waals surface area contributed by atoms with Crippen molar-refractivity contribution >= 4 is 0 Å². The van der Waals surface area contributed by atoms with Crippen LogP contribution in [0.5, 0.6) is 0 Å². The van der Waals surface area contributed by atoms with Gasteiger partial charge in [-0.3, -0.25) is 0 Å². The first-order valence-corrected chi connectivity index (χ1v) is 2.34. The third kappa shape index (κ3) is 58400. The molecule has 0 heterocycles. The Balaban J connectivity index is -0.0000000480. The van der Waals surface area contributed by atoms with Crippen molar-refractivity contribution in [1.82, 2.24) is 4.90 Å². The Morgan fingerprint density at radius 1 is 0.857 bits per heavy atom. The van der Waals surface area contributed by atoms with Gasteiger partial charge in [0.25, 0.3) is 0 Å². The van der Waals surface area contributed by atoms with Crippen LogP contribution in [0.25, 0.3) is 0 Å². The monoisotopic (exact) mass is 105 g/mol. The highest BCUT2D eigenvalue weighted by Crippen LogP contribution is 1.47. The normalized spacial score (nSPS) is 6.00. The summed E-state index contributed by atoms with van der Waals surface area (Å²) >= 11 is 0. The van der Waals surface area contributed by atoms with Crippen molar-refractivity contribution in [2.45, 2.75) is 21.3 Å². The van der Waals surface area contributed by atoms with Gasteiger partial charge in [-0.15, -0.1) is 0 Å². The summed E-state index contributed by atoms with van der Waals surface area (Å²) in [5.74, 6) is 0. The summed E-state index contributed by atoms with van der Waals surface area (Å²) in [4.78, 5) is 2.00. The standard InChI is InChI=1S/C3H9N.C2H6.CH4/c1-4(2)3;1-2;/h1-3H3;1-2H3;1H4. The largest absolute Gasteiger partial charge is 0.312 e. The lowest BCUT2D eigenvalue weighted by atomic mass is 11.0. The van der Waals surface area contributed by atoms with Gasteiger partial charge in [-0.05, 0) is 21.1 Å². The predicted molar refractivity (Wildman–Crippen MR) is 37.7 cm³/mol. The van der Waals surface area contributed by atoms with E-state index in [1.165, 1.54) is 0 Å². The SMILES string of the molecule is C.CC.CN(C)C. The fourth-order valence-corrected chi connectivity index (χ4v) is 0. The van der Waals surface area contributed by atoms with E-state index in [-0.39, 0.29) is 7.43 Å². The van der Waals surface area contributed by atoms with Gasteiger partial charge in [0.05, 0.1) is 0 Å². The molecule has 48 valence electrons. The zero-order chi connectivity index (χ0) is 5.58. The van der Waals surface area contributed by atoms with E-state index in [9.17, 15) is 0 Å². The Labute approximate surface area is 48.3 Å². The Hall–Kier alpha value is -0.0400. The quantitative estimate of drug-likeness (QED) is 0.454. The molecule has 0 aliphatic carbocycles. The van der Waals surface area contributed by atoms with Crippen LogP contribution in [0.4, 0.5) is 0 Å². The van der Waals surface area contributed by atoms with Gasteiger partial charge in [-0.25, -0.2) is 0 Å². The van der Waals surface area contributed by atoms with E-state index in [4.69, 9.17) is 0 Å². The topological polar surface area (TPSA) is 3.24 Å². The Bertz CT molecular complexity index is 8.90. The molecule has 0 fully saturated rings. The van der Waals surface area contributed by atoms with Crippen LogP contribution < -0.4 is 0 Å². The molecular weight excluding hydrogens is 86.1 g/mol. The molecule has 0 aromatic heterocycles. The van der Waals surface area contributed by atoms with Crippen molar-refractivity contribution in [3.05, 3.63) is 0 Å². The first-order valence-electron chi connectivity index (χ1n) is 2.34. The van der Waals surface area contributed by atoms with E-state index in [2.05, 4.69) is 0 Å². The lowest BCUT2D eigenvalue weighted by molar-refractivity contribution is 0.505. The average molecular weight is 105 g/mol. The second kappa shape index (κ2) is 16.7. The lowest BCUT2D eigenvalue weighted by Crippen LogP contribution is -1.99. The fraction of sp³-hybridized carbons (Fsp3) is 1.00. The molecule has 0 unspecified atom stereocenters. The van der Waals surface area contributed by atoms with E-state index >= 15 is 0 Å². The number of hydrogen-bond donors (Lipinski definition) is 0. The Morgan fingerprint density at radius 2 is 0.857 bits per heavy atom. The minimum absolute atomic E-state index is 0. The summed E-state index contributed by atoms with van der Waals surface area (Å²) < 4.78 is 0. The minimum atomic E-state index is 0. The van der Waals surface area contributed by atoms with E-state index < -0.39 is 0 Å². The van der Waals surface area contributed by atoms with E-state index in [0.717, 1.165) is 0 Å². The molecule has 0 atom stereocenters. The molecule has 0 rings (SSSR count). The summed E-state index contributed by atoms with van der Waals surface area (Å²) in [5.41, 5.74) is 0. The van der Waals surface area contributed by atoms with Crippen LogP contribution in [0.1, 0.15) is 21.3 Å². The van der Waals surface area contributed by atoms with Crippen LogP contribution >= 0.6 is 0 Å². The first kappa shape index (κ1) is 15.8. The number of rotatable bonds is 0. The lowest BCUT2D eigenvalue weighted by Gasteiger charge is -1.90. The second-order valence-corrected chi connectivity index (χ2v) is 1.34.